The smallest absolute Gasteiger partial charge is 0.258 e. The lowest BCUT2D eigenvalue weighted by molar-refractivity contribution is -0.384. The zero-order valence-corrected chi connectivity index (χ0v) is 19.1. The van der Waals surface area contributed by atoms with E-state index in [-0.39, 0.29) is 5.69 Å². The zero-order valence-electron chi connectivity index (χ0n) is 16.7. The Kier molecular flexibility index (Phi) is 5.59. The third kappa shape index (κ3) is 4.47. The van der Waals surface area contributed by atoms with Crippen molar-refractivity contribution in [1.82, 2.24) is 29.9 Å². The van der Waals surface area contributed by atoms with E-state index in [9.17, 15) is 10.1 Å². The standard InChI is InChI=1S/C21H13BrN8O2S/c22-16-5-1-13(2-6-16)18-11-33-21(26-18)29-10-15(9-23-20-24-12-25-27-20)19(28-29)14-3-7-17(8-4-14)30(31)32/h1-12H,(H,24,25,27)/b23-9+. The second kappa shape index (κ2) is 8.84. The van der Waals surface area contributed by atoms with Gasteiger partial charge in [-0.15, -0.1) is 11.3 Å². The number of halogens is 1. The summed E-state index contributed by atoms with van der Waals surface area (Å²) in [4.78, 5) is 23.6. The van der Waals surface area contributed by atoms with Crippen molar-refractivity contribution in [3.63, 3.8) is 0 Å². The van der Waals surface area contributed by atoms with Gasteiger partial charge in [0.1, 0.15) is 12.0 Å². The van der Waals surface area contributed by atoms with Crippen LogP contribution in [-0.4, -0.2) is 41.1 Å². The first-order chi connectivity index (χ1) is 16.1. The van der Waals surface area contributed by atoms with Gasteiger partial charge >= 0.3 is 0 Å². The molecule has 10 nitrogen and oxygen atoms in total. The average molecular weight is 521 g/mol. The van der Waals surface area contributed by atoms with Crippen LogP contribution in [0.2, 0.25) is 0 Å². The molecule has 0 radical (unpaired) electrons. The minimum absolute atomic E-state index is 0.00845. The molecule has 0 spiro atoms. The second-order valence-corrected chi connectivity index (χ2v) is 8.52. The Morgan fingerprint density at radius 2 is 1.88 bits per heavy atom. The van der Waals surface area contributed by atoms with E-state index in [1.807, 2.05) is 29.6 Å². The SMILES string of the molecule is O=[N+]([O-])c1ccc(-c2nn(-c3nc(-c4ccc(Br)cc4)cs3)cc2/C=N/c2ncn[nH]2)cc1. The lowest BCUT2D eigenvalue weighted by Crippen LogP contribution is -1.94. The molecule has 1 N–H and O–H groups in total. The highest BCUT2D eigenvalue weighted by Gasteiger charge is 2.15. The van der Waals surface area contributed by atoms with Crippen molar-refractivity contribution >= 4 is 45.1 Å². The van der Waals surface area contributed by atoms with Crippen molar-refractivity contribution in [2.45, 2.75) is 0 Å². The van der Waals surface area contributed by atoms with E-state index >= 15 is 0 Å². The molecule has 0 aliphatic carbocycles. The molecule has 3 aromatic heterocycles. The number of aliphatic imine (C=N–C) groups is 1. The Morgan fingerprint density at radius 3 is 2.58 bits per heavy atom. The van der Waals surface area contributed by atoms with Crippen LogP contribution in [0, 0.1) is 10.1 Å². The molecule has 3 heterocycles. The summed E-state index contributed by atoms with van der Waals surface area (Å²) < 4.78 is 2.67. The number of H-pyrrole nitrogens is 1. The van der Waals surface area contributed by atoms with E-state index in [1.54, 1.807) is 29.2 Å². The Bertz CT molecular complexity index is 1440. The fourth-order valence-electron chi connectivity index (χ4n) is 3.06. The van der Waals surface area contributed by atoms with Gasteiger partial charge in [-0.1, -0.05) is 28.1 Å². The average Bonchev–Trinajstić information content (AvgIpc) is 3.59. The van der Waals surface area contributed by atoms with Gasteiger partial charge in [0.05, 0.1) is 10.6 Å². The van der Waals surface area contributed by atoms with Crippen LogP contribution in [-0.2, 0) is 0 Å². The molecule has 12 heteroatoms. The topological polar surface area (TPSA) is 128 Å². The Balaban J connectivity index is 1.54. The number of aromatic amines is 1. The number of nitrogens with zero attached hydrogens (tertiary/aromatic N) is 7. The van der Waals surface area contributed by atoms with Crippen molar-refractivity contribution in [1.29, 1.82) is 0 Å². The summed E-state index contributed by atoms with van der Waals surface area (Å²) in [5.41, 5.74) is 3.86. The number of aromatic nitrogens is 6. The zero-order chi connectivity index (χ0) is 22.8. The molecule has 0 fully saturated rings. The van der Waals surface area contributed by atoms with Gasteiger partial charge in [-0.3, -0.25) is 10.1 Å². The molecular formula is C21H13BrN8O2S. The number of nitrogens with one attached hydrogen (secondary N) is 1. The monoisotopic (exact) mass is 520 g/mol. The molecule has 0 saturated heterocycles. The summed E-state index contributed by atoms with van der Waals surface area (Å²) in [6.07, 6.45) is 4.79. The maximum atomic E-state index is 11.0. The third-order valence-corrected chi connectivity index (χ3v) is 6.01. The molecule has 0 bridgehead atoms. The van der Waals surface area contributed by atoms with Crippen molar-refractivity contribution in [3.8, 4) is 27.6 Å². The predicted molar refractivity (Wildman–Crippen MR) is 128 cm³/mol. The molecule has 5 aromatic rings. The van der Waals surface area contributed by atoms with Crippen molar-refractivity contribution in [3.05, 3.63) is 86.6 Å². The van der Waals surface area contributed by atoms with E-state index in [2.05, 4.69) is 36.1 Å². The molecule has 0 unspecified atom stereocenters. The minimum atomic E-state index is -0.437. The number of non-ortho nitro benzene ring substituents is 1. The van der Waals surface area contributed by atoms with Gasteiger partial charge in [0.15, 0.2) is 0 Å². The van der Waals surface area contributed by atoms with Gasteiger partial charge in [-0.2, -0.15) is 15.2 Å². The maximum absolute atomic E-state index is 11.0. The number of thiazole rings is 1. The second-order valence-electron chi connectivity index (χ2n) is 6.77. The van der Waals surface area contributed by atoms with Crippen LogP contribution in [0.15, 0.2) is 75.9 Å². The predicted octanol–water partition coefficient (Wildman–Crippen LogP) is 5.20. The number of benzene rings is 2. The number of nitro groups is 1. The number of hydrogen-bond donors (Lipinski definition) is 1. The molecule has 162 valence electrons. The molecule has 2 aromatic carbocycles. The quantitative estimate of drug-likeness (QED) is 0.186. The minimum Gasteiger partial charge on any atom is -0.258 e. The number of hydrogen-bond acceptors (Lipinski definition) is 8. The van der Waals surface area contributed by atoms with Crippen LogP contribution in [0.4, 0.5) is 11.6 Å². The largest absolute Gasteiger partial charge is 0.269 e. The number of rotatable bonds is 6. The molecular weight excluding hydrogens is 508 g/mol. The highest BCUT2D eigenvalue weighted by Crippen LogP contribution is 2.28. The highest BCUT2D eigenvalue weighted by atomic mass is 79.9. The van der Waals surface area contributed by atoms with E-state index in [1.165, 1.54) is 29.8 Å². The van der Waals surface area contributed by atoms with Crippen LogP contribution in [0.5, 0.6) is 0 Å². The summed E-state index contributed by atoms with van der Waals surface area (Å²) in [6, 6.07) is 14.1. The first kappa shape index (κ1) is 20.8. The van der Waals surface area contributed by atoms with Crippen molar-refractivity contribution < 1.29 is 4.92 Å². The molecule has 0 aliphatic heterocycles. The fourth-order valence-corrected chi connectivity index (χ4v) is 4.08. The van der Waals surface area contributed by atoms with Gasteiger partial charge in [-0.05, 0) is 24.3 Å². The molecule has 0 amide bonds. The van der Waals surface area contributed by atoms with Crippen molar-refractivity contribution in [2.24, 2.45) is 4.99 Å². The maximum Gasteiger partial charge on any atom is 0.269 e. The van der Waals surface area contributed by atoms with Gasteiger partial charge < -0.3 is 0 Å². The summed E-state index contributed by atoms with van der Waals surface area (Å²) in [5, 5.41) is 24.8. The first-order valence-corrected chi connectivity index (χ1v) is 11.2. The van der Waals surface area contributed by atoms with Crippen LogP contribution in [0.3, 0.4) is 0 Å². The lowest BCUT2D eigenvalue weighted by atomic mass is 10.1. The lowest BCUT2D eigenvalue weighted by Gasteiger charge is -1.99. The molecule has 0 aliphatic rings. The molecule has 33 heavy (non-hydrogen) atoms. The fraction of sp³-hybridized carbons (Fsp3) is 0. The number of nitro benzene ring substituents is 1. The molecule has 0 saturated carbocycles. The third-order valence-electron chi connectivity index (χ3n) is 4.65. The molecule has 0 atom stereocenters. The summed E-state index contributed by atoms with van der Waals surface area (Å²) in [6.45, 7) is 0. The summed E-state index contributed by atoms with van der Waals surface area (Å²) in [5.74, 6) is 0.351. The van der Waals surface area contributed by atoms with Gasteiger partial charge in [0.25, 0.3) is 5.69 Å². The van der Waals surface area contributed by atoms with E-state index in [0.717, 1.165) is 15.7 Å². The van der Waals surface area contributed by atoms with Gasteiger partial charge in [-0.25, -0.2) is 19.8 Å². The summed E-state index contributed by atoms with van der Waals surface area (Å²) in [7, 11) is 0. The van der Waals surface area contributed by atoms with Crippen molar-refractivity contribution in [2.75, 3.05) is 0 Å². The van der Waals surface area contributed by atoms with E-state index in [4.69, 9.17) is 10.1 Å². The Hall–Kier alpha value is -4.03. The van der Waals surface area contributed by atoms with E-state index in [0.29, 0.717) is 27.9 Å². The van der Waals surface area contributed by atoms with E-state index < -0.39 is 4.92 Å². The van der Waals surface area contributed by atoms with Gasteiger partial charge in [0, 0.05) is 51.1 Å². The first-order valence-electron chi connectivity index (χ1n) is 9.52. The molecule has 5 rings (SSSR count). The Morgan fingerprint density at radius 1 is 1.12 bits per heavy atom. The van der Waals surface area contributed by atoms with Crippen LogP contribution < -0.4 is 0 Å². The van der Waals surface area contributed by atoms with Crippen LogP contribution >= 0.6 is 27.3 Å². The van der Waals surface area contributed by atoms with Crippen LogP contribution in [0.25, 0.3) is 27.6 Å². The normalized spacial score (nSPS) is 11.3. The highest BCUT2D eigenvalue weighted by molar-refractivity contribution is 9.10. The van der Waals surface area contributed by atoms with Gasteiger partial charge in [0.2, 0.25) is 11.1 Å². The summed E-state index contributed by atoms with van der Waals surface area (Å²) >= 11 is 4.90. The Labute approximate surface area is 199 Å². The van der Waals surface area contributed by atoms with Crippen LogP contribution in [0.1, 0.15) is 5.56 Å².